The van der Waals surface area contributed by atoms with Gasteiger partial charge < -0.3 is 0 Å². The Labute approximate surface area is 134 Å². The van der Waals surface area contributed by atoms with Gasteiger partial charge in [-0.3, -0.25) is 0 Å². The van der Waals surface area contributed by atoms with Crippen molar-refractivity contribution in [3.63, 3.8) is 0 Å². The summed E-state index contributed by atoms with van der Waals surface area (Å²) in [6.45, 7) is 0. The van der Waals surface area contributed by atoms with E-state index in [0.29, 0.717) is 0 Å². The van der Waals surface area contributed by atoms with Crippen LogP contribution in [-0.2, 0) is 0 Å². The zero-order valence-corrected chi connectivity index (χ0v) is 11.4. The Morgan fingerprint density at radius 3 is 1.04 bits per heavy atom. The maximum absolute atomic E-state index is 14.1. The van der Waals surface area contributed by atoms with Crippen LogP contribution in [0.1, 0.15) is 0 Å². The van der Waals surface area contributed by atoms with E-state index in [9.17, 15) is 74.7 Å². The maximum Gasteiger partial charge on any atom is 0.402 e. The smallest absolute Gasteiger partial charge is 0.224 e. The zero-order valence-electron chi connectivity index (χ0n) is 11.4. The van der Waals surface area contributed by atoms with Crippen molar-refractivity contribution >= 4 is 0 Å². The summed E-state index contributed by atoms with van der Waals surface area (Å²) in [6, 6.07) is -7.66. The first kappa shape index (κ1) is 22.1. The van der Waals surface area contributed by atoms with Crippen molar-refractivity contribution < 1.29 is 74.7 Å². The lowest BCUT2D eigenvalue weighted by atomic mass is 9.63. The molecule has 0 amide bonds. The molecule has 0 radical (unpaired) electrons. The van der Waals surface area contributed by atoms with Gasteiger partial charge in [-0.15, -0.1) is 4.48 Å². The van der Waals surface area contributed by atoms with Crippen LogP contribution < -0.4 is 0 Å². The summed E-state index contributed by atoms with van der Waals surface area (Å²) in [4.78, 5) is 0. The monoisotopic (exact) mass is 445 g/mol. The summed E-state index contributed by atoms with van der Waals surface area (Å²) in [5, 5.41) is -4.35. The number of hydrogen-bond donors (Lipinski definition) is 0. The zero-order chi connectivity index (χ0) is 22.1. The minimum Gasteiger partial charge on any atom is -0.224 e. The normalized spacial score (nSPS) is 43.0. The largest absolute Gasteiger partial charge is 0.402 e. The summed E-state index contributed by atoms with van der Waals surface area (Å²) >= 11 is 0. The first-order valence-electron chi connectivity index (χ1n) is 5.89. The fourth-order valence-corrected chi connectivity index (χ4v) is 2.63. The van der Waals surface area contributed by atoms with Gasteiger partial charge in [-0.1, -0.05) is 0 Å². The molecule has 1 heterocycles. The number of piperidine rings is 1. The van der Waals surface area contributed by atoms with E-state index in [2.05, 4.69) is 0 Å². The third-order valence-corrected chi connectivity index (χ3v) is 4.21. The van der Waals surface area contributed by atoms with Crippen molar-refractivity contribution in [1.82, 2.24) is 5.12 Å². The predicted molar refractivity (Wildman–Crippen MR) is 45.3 cm³/mol. The fourth-order valence-electron chi connectivity index (χ4n) is 2.63. The van der Waals surface area contributed by atoms with Crippen LogP contribution in [0.2, 0.25) is 0 Å². The second kappa shape index (κ2) is 4.50. The second-order valence-corrected chi connectivity index (χ2v) is 5.55. The molecule has 0 spiro atoms. The quantitative estimate of drug-likeness (QED) is 0.289. The SMILES string of the molecule is FN1C(F)(F)C(F)(F)C(F)(F)C2(F)C(F)(F)C(F)(F)C(F)(F)C(F)(F)C12F. The Hall–Kier alpha value is -1.23. The van der Waals surface area contributed by atoms with Gasteiger partial charge in [0.15, 0.2) is 0 Å². The van der Waals surface area contributed by atoms with Crippen LogP contribution in [0.5, 0.6) is 0 Å². The Morgan fingerprint density at radius 2 is 0.667 bits per heavy atom. The molecule has 1 saturated carbocycles. The molecule has 2 unspecified atom stereocenters. The number of fused-ring (bicyclic) bond motifs is 1. The van der Waals surface area contributed by atoms with Crippen LogP contribution in [0.25, 0.3) is 0 Å². The Kier molecular flexibility index (Phi) is 3.68. The van der Waals surface area contributed by atoms with Gasteiger partial charge in [0.1, 0.15) is 0 Å². The molecule has 18 heteroatoms. The van der Waals surface area contributed by atoms with Gasteiger partial charge in [0.2, 0.25) is 0 Å². The highest BCUT2D eigenvalue weighted by atomic mass is 19.4. The number of alkyl halides is 16. The van der Waals surface area contributed by atoms with Gasteiger partial charge in [0, 0.05) is 0 Å². The molecular weight excluding hydrogens is 445 g/mol. The summed E-state index contributed by atoms with van der Waals surface area (Å²) in [5.41, 5.74) is -8.30. The van der Waals surface area contributed by atoms with E-state index in [4.69, 9.17) is 0 Å². The molecule has 27 heavy (non-hydrogen) atoms. The van der Waals surface area contributed by atoms with E-state index < -0.39 is 58.2 Å². The van der Waals surface area contributed by atoms with E-state index in [1.807, 2.05) is 0 Å². The summed E-state index contributed by atoms with van der Waals surface area (Å²) < 4.78 is 226. The van der Waals surface area contributed by atoms with Gasteiger partial charge in [-0.25, -0.2) is 8.78 Å². The molecule has 1 saturated heterocycles. The van der Waals surface area contributed by atoms with Crippen LogP contribution in [0, 0.1) is 0 Å². The van der Waals surface area contributed by atoms with Crippen LogP contribution in [0.4, 0.5) is 74.7 Å². The highest BCUT2D eigenvalue weighted by Gasteiger charge is 3.11. The van der Waals surface area contributed by atoms with Crippen molar-refractivity contribution in [1.29, 1.82) is 0 Å². The molecule has 1 aliphatic heterocycles. The molecule has 0 bridgehead atoms. The molecule has 2 rings (SSSR count). The standard InChI is InChI=1S/C9F17N/c10-1-2(11,12)4(15,16)5(17,18)6(19,20)8(1,23)27(26)9(24,25)7(21,22)3(1,13)14. The predicted octanol–water partition coefficient (Wildman–Crippen LogP) is 4.98. The van der Waals surface area contributed by atoms with Gasteiger partial charge in [-0.05, 0) is 5.12 Å². The van der Waals surface area contributed by atoms with E-state index in [1.54, 1.807) is 0 Å². The van der Waals surface area contributed by atoms with E-state index in [-0.39, 0.29) is 0 Å². The third kappa shape index (κ3) is 1.52. The van der Waals surface area contributed by atoms with Crippen LogP contribution in [0.15, 0.2) is 0 Å². The molecule has 0 aromatic rings. The molecular formula is C9F17N. The number of halogens is 17. The molecule has 0 N–H and O–H groups in total. The van der Waals surface area contributed by atoms with E-state index in [1.165, 1.54) is 0 Å². The average molecular weight is 445 g/mol. The third-order valence-electron chi connectivity index (χ3n) is 4.21. The van der Waals surface area contributed by atoms with Gasteiger partial charge in [0.25, 0.3) is 0 Å². The number of nitrogens with zero attached hydrogens (tertiary/aromatic N) is 1. The van der Waals surface area contributed by atoms with Crippen molar-refractivity contribution in [3.05, 3.63) is 0 Å². The first-order valence-corrected chi connectivity index (χ1v) is 5.89. The summed E-state index contributed by atoms with van der Waals surface area (Å²) in [7, 11) is 0. The van der Waals surface area contributed by atoms with Crippen LogP contribution in [-0.4, -0.2) is 58.2 Å². The maximum atomic E-state index is 14.1. The fraction of sp³-hybridized carbons (Fsp3) is 1.00. The molecule has 2 fully saturated rings. The minimum absolute atomic E-state index is 4.35. The minimum atomic E-state index is -8.30. The first-order chi connectivity index (χ1) is 11.4. The van der Waals surface area contributed by atoms with Crippen molar-refractivity contribution in [2.45, 2.75) is 53.0 Å². The van der Waals surface area contributed by atoms with Crippen LogP contribution in [0.3, 0.4) is 0 Å². The lowest BCUT2D eigenvalue weighted by Gasteiger charge is -2.62. The molecule has 2 aliphatic rings. The molecule has 1 nitrogen and oxygen atoms in total. The summed E-state index contributed by atoms with van der Waals surface area (Å²) in [5.74, 6) is -56.7. The van der Waals surface area contributed by atoms with Gasteiger partial charge in [0.05, 0.1) is 0 Å². The van der Waals surface area contributed by atoms with Crippen LogP contribution >= 0.6 is 0 Å². The van der Waals surface area contributed by atoms with Gasteiger partial charge in [-0.2, -0.15) is 61.5 Å². The Bertz CT molecular complexity index is 657. The van der Waals surface area contributed by atoms with E-state index >= 15 is 0 Å². The molecule has 2 atom stereocenters. The lowest BCUT2D eigenvalue weighted by molar-refractivity contribution is -0.582. The molecule has 0 aromatic carbocycles. The molecule has 0 aromatic heterocycles. The van der Waals surface area contributed by atoms with Crippen molar-refractivity contribution in [2.75, 3.05) is 0 Å². The van der Waals surface area contributed by atoms with Gasteiger partial charge >= 0.3 is 53.0 Å². The highest BCUT2D eigenvalue weighted by Crippen LogP contribution is 2.77. The van der Waals surface area contributed by atoms with E-state index in [0.717, 1.165) is 0 Å². The number of hydrogen-bond acceptors (Lipinski definition) is 1. The topological polar surface area (TPSA) is 3.24 Å². The van der Waals surface area contributed by atoms with Crippen molar-refractivity contribution in [3.8, 4) is 0 Å². The van der Waals surface area contributed by atoms with Crippen molar-refractivity contribution in [2.24, 2.45) is 0 Å². The second-order valence-electron chi connectivity index (χ2n) is 5.55. The molecule has 160 valence electrons. The highest BCUT2D eigenvalue weighted by molar-refractivity contribution is 5.36. The Balaban J connectivity index is 3.14. The Morgan fingerprint density at radius 1 is 0.370 bits per heavy atom. The lowest BCUT2D eigenvalue weighted by Crippen LogP contribution is -2.97. The molecule has 1 aliphatic carbocycles. The average Bonchev–Trinajstić information content (AvgIpc) is 2.48. The summed E-state index contributed by atoms with van der Waals surface area (Å²) in [6.07, 6.45) is 0. The number of rotatable bonds is 0.